The Morgan fingerprint density at radius 2 is 1.69 bits per heavy atom. The standard InChI is InChI=1S/C9H9Cl3O/c1-5(2)13-7-4-3-6(10)8(11)9(7)12/h3-5H,1-2H3. The molecule has 0 bridgehead atoms. The zero-order valence-corrected chi connectivity index (χ0v) is 9.54. The largest absolute Gasteiger partial charge is 0.489 e. The van der Waals surface area contributed by atoms with Crippen LogP contribution in [-0.2, 0) is 0 Å². The zero-order valence-electron chi connectivity index (χ0n) is 7.27. The average Bonchev–Trinajstić information content (AvgIpc) is 2.06. The van der Waals surface area contributed by atoms with Crippen molar-refractivity contribution in [1.29, 1.82) is 0 Å². The molecule has 0 fully saturated rings. The Labute approximate surface area is 92.5 Å². The quantitative estimate of drug-likeness (QED) is 0.694. The highest BCUT2D eigenvalue weighted by Crippen LogP contribution is 2.37. The van der Waals surface area contributed by atoms with Crippen molar-refractivity contribution in [3.05, 3.63) is 27.2 Å². The van der Waals surface area contributed by atoms with Gasteiger partial charge in [0.25, 0.3) is 0 Å². The molecule has 0 saturated carbocycles. The molecule has 0 heterocycles. The number of ether oxygens (including phenoxy) is 1. The molecule has 1 rings (SSSR count). The number of halogens is 3. The number of hydrogen-bond acceptors (Lipinski definition) is 1. The third-order valence-corrected chi connectivity index (χ3v) is 2.64. The van der Waals surface area contributed by atoms with E-state index in [0.717, 1.165) is 0 Å². The third kappa shape index (κ3) is 2.67. The third-order valence-electron chi connectivity index (χ3n) is 1.36. The molecule has 0 aromatic heterocycles. The van der Waals surface area contributed by atoms with E-state index in [1.54, 1.807) is 12.1 Å². The van der Waals surface area contributed by atoms with E-state index in [2.05, 4.69) is 0 Å². The lowest BCUT2D eigenvalue weighted by atomic mass is 10.3. The van der Waals surface area contributed by atoms with E-state index in [9.17, 15) is 0 Å². The van der Waals surface area contributed by atoms with E-state index in [4.69, 9.17) is 39.5 Å². The molecule has 0 unspecified atom stereocenters. The van der Waals surface area contributed by atoms with Gasteiger partial charge in [-0.05, 0) is 26.0 Å². The van der Waals surface area contributed by atoms with Crippen molar-refractivity contribution in [2.75, 3.05) is 0 Å². The van der Waals surface area contributed by atoms with Crippen molar-refractivity contribution in [1.82, 2.24) is 0 Å². The first-order valence-electron chi connectivity index (χ1n) is 3.82. The highest BCUT2D eigenvalue weighted by Gasteiger charge is 2.10. The molecule has 72 valence electrons. The Bertz CT molecular complexity index is 310. The van der Waals surface area contributed by atoms with Crippen LogP contribution in [0.1, 0.15) is 13.8 Å². The van der Waals surface area contributed by atoms with Gasteiger partial charge >= 0.3 is 0 Å². The van der Waals surface area contributed by atoms with Crippen molar-refractivity contribution in [3.8, 4) is 5.75 Å². The zero-order chi connectivity index (χ0) is 10.0. The first-order valence-corrected chi connectivity index (χ1v) is 4.96. The van der Waals surface area contributed by atoms with Crippen LogP contribution in [0.25, 0.3) is 0 Å². The van der Waals surface area contributed by atoms with Crippen molar-refractivity contribution >= 4 is 34.8 Å². The molecule has 0 aliphatic heterocycles. The second-order valence-corrected chi connectivity index (χ2v) is 4.00. The van der Waals surface area contributed by atoms with E-state index in [0.29, 0.717) is 20.8 Å². The molecular weight excluding hydrogens is 230 g/mol. The Morgan fingerprint density at radius 3 is 2.23 bits per heavy atom. The maximum atomic E-state index is 5.90. The molecule has 0 spiro atoms. The second-order valence-electron chi connectivity index (χ2n) is 2.84. The van der Waals surface area contributed by atoms with Gasteiger partial charge in [-0.2, -0.15) is 0 Å². The van der Waals surface area contributed by atoms with Crippen LogP contribution in [0, 0.1) is 0 Å². The molecule has 0 aliphatic rings. The van der Waals surface area contributed by atoms with Gasteiger partial charge < -0.3 is 4.74 Å². The number of rotatable bonds is 2. The molecule has 0 amide bonds. The molecule has 4 heteroatoms. The normalized spacial score (nSPS) is 10.6. The molecule has 0 atom stereocenters. The fourth-order valence-corrected chi connectivity index (χ4v) is 1.42. The molecule has 1 aromatic carbocycles. The molecule has 0 aliphatic carbocycles. The van der Waals surface area contributed by atoms with Gasteiger partial charge in [0.2, 0.25) is 0 Å². The van der Waals surface area contributed by atoms with Gasteiger partial charge in [-0.3, -0.25) is 0 Å². The van der Waals surface area contributed by atoms with Gasteiger partial charge in [0, 0.05) is 0 Å². The molecule has 1 aromatic rings. The first-order chi connectivity index (χ1) is 6.02. The van der Waals surface area contributed by atoms with Gasteiger partial charge in [0.15, 0.2) is 0 Å². The lowest BCUT2D eigenvalue weighted by Gasteiger charge is -2.12. The SMILES string of the molecule is CC(C)Oc1ccc(Cl)c(Cl)c1Cl. The summed E-state index contributed by atoms with van der Waals surface area (Å²) < 4.78 is 5.41. The summed E-state index contributed by atoms with van der Waals surface area (Å²) in [5.41, 5.74) is 0. The predicted molar refractivity (Wildman–Crippen MR) is 57.2 cm³/mol. The van der Waals surface area contributed by atoms with Crippen LogP contribution in [0.2, 0.25) is 15.1 Å². The van der Waals surface area contributed by atoms with Gasteiger partial charge in [-0.15, -0.1) is 0 Å². The summed E-state index contributed by atoms with van der Waals surface area (Å²) in [6, 6.07) is 3.37. The van der Waals surface area contributed by atoms with Crippen molar-refractivity contribution < 1.29 is 4.74 Å². The summed E-state index contributed by atoms with van der Waals surface area (Å²) in [4.78, 5) is 0. The number of hydrogen-bond donors (Lipinski definition) is 0. The van der Waals surface area contributed by atoms with E-state index in [1.807, 2.05) is 13.8 Å². The molecule has 0 saturated heterocycles. The fourth-order valence-electron chi connectivity index (χ4n) is 0.853. The molecule has 1 nitrogen and oxygen atoms in total. The summed E-state index contributed by atoms with van der Waals surface area (Å²) in [6.45, 7) is 3.83. The Hall–Kier alpha value is -0.110. The maximum Gasteiger partial charge on any atom is 0.139 e. The minimum Gasteiger partial charge on any atom is -0.489 e. The second kappa shape index (κ2) is 4.41. The van der Waals surface area contributed by atoms with Crippen LogP contribution in [0.5, 0.6) is 5.75 Å². The Morgan fingerprint density at radius 1 is 1.08 bits per heavy atom. The van der Waals surface area contributed by atoms with Crippen LogP contribution in [0.4, 0.5) is 0 Å². The van der Waals surface area contributed by atoms with Crippen molar-refractivity contribution in [2.24, 2.45) is 0 Å². The van der Waals surface area contributed by atoms with Crippen molar-refractivity contribution in [3.63, 3.8) is 0 Å². The molecule has 0 radical (unpaired) electrons. The van der Waals surface area contributed by atoms with Gasteiger partial charge in [-0.25, -0.2) is 0 Å². The summed E-state index contributed by atoms with van der Waals surface area (Å²) in [5, 5.41) is 1.13. The van der Waals surface area contributed by atoms with Crippen LogP contribution >= 0.6 is 34.8 Å². The number of benzene rings is 1. The Kier molecular flexibility index (Phi) is 3.72. The topological polar surface area (TPSA) is 9.23 Å². The Balaban J connectivity index is 3.04. The molecular formula is C9H9Cl3O. The fraction of sp³-hybridized carbons (Fsp3) is 0.333. The predicted octanol–water partition coefficient (Wildman–Crippen LogP) is 4.43. The minimum absolute atomic E-state index is 0.0646. The maximum absolute atomic E-state index is 5.90. The summed E-state index contributed by atoms with van der Waals surface area (Å²) in [5.74, 6) is 0.561. The first kappa shape index (κ1) is 11.0. The summed E-state index contributed by atoms with van der Waals surface area (Å²) in [6.07, 6.45) is 0.0646. The summed E-state index contributed by atoms with van der Waals surface area (Å²) >= 11 is 17.5. The van der Waals surface area contributed by atoms with Crippen LogP contribution in [0.3, 0.4) is 0 Å². The van der Waals surface area contributed by atoms with E-state index in [1.165, 1.54) is 0 Å². The monoisotopic (exact) mass is 238 g/mol. The van der Waals surface area contributed by atoms with Crippen LogP contribution in [0.15, 0.2) is 12.1 Å². The van der Waals surface area contributed by atoms with Gasteiger partial charge in [0.05, 0.1) is 16.1 Å². The lowest BCUT2D eigenvalue weighted by molar-refractivity contribution is 0.242. The average molecular weight is 240 g/mol. The highest BCUT2D eigenvalue weighted by atomic mass is 35.5. The van der Waals surface area contributed by atoms with E-state index in [-0.39, 0.29) is 6.10 Å². The van der Waals surface area contributed by atoms with E-state index >= 15 is 0 Å². The summed E-state index contributed by atoms with van der Waals surface area (Å²) in [7, 11) is 0. The van der Waals surface area contributed by atoms with Gasteiger partial charge in [-0.1, -0.05) is 34.8 Å². The lowest BCUT2D eigenvalue weighted by Crippen LogP contribution is -2.05. The molecule has 13 heavy (non-hydrogen) atoms. The minimum atomic E-state index is 0.0646. The smallest absolute Gasteiger partial charge is 0.139 e. The van der Waals surface area contributed by atoms with Crippen LogP contribution in [-0.4, -0.2) is 6.10 Å². The van der Waals surface area contributed by atoms with Gasteiger partial charge in [0.1, 0.15) is 10.8 Å². The molecule has 0 N–H and O–H groups in total. The van der Waals surface area contributed by atoms with Crippen LogP contribution < -0.4 is 4.74 Å². The highest BCUT2D eigenvalue weighted by molar-refractivity contribution is 6.48. The van der Waals surface area contributed by atoms with E-state index < -0.39 is 0 Å². The van der Waals surface area contributed by atoms with Crippen molar-refractivity contribution in [2.45, 2.75) is 20.0 Å².